The summed E-state index contributed by atoms with van der Waals surface area (Å²) in [4.78, 5) is 15.6. The van der Waals surface area contributed by atoms with Gasteiger partial charge in [0.25, 0.3) is 0 Å². The Kier molecular flexibility index (Phi) is 4.21. The fourth-order valence-corrected chi connectivity index (χ4v) is 2.09. The van der Waals surface area contributed by atoms with Crippen LogP contribution in [0.4, 0.5) is 0 Å². The number of hydrogen-bond acceptors (Lipinski definition) is 4. The normalized spacial score (nSPS) is 10.5. The zero-order valence-corrected chi connectivity index (χ0v) is 11.6. The highest BCUT2D eigenvalue weighted by atomic mass is 16.5. The minimum absolute atomic E-state index is 0.628. The van der Waals surface area contributed by atoms with Gasteiger partial charge in [-0.15, -0.1) is 0 Å². The van der Waals surface area contributed by atoms with E-state index in [1.54, 1.807) is 24.9 Å². The maximum Gasteiger partial charge on any atom is 0.128 e. The van der Waals surface area contributed by atoms with Gasteiger partial charge >= 0.3 is 0 Å². The van der Waals surface area contributed by atoms with Crippen LogP contribution in [0.15, 0.2) is 55.2 Å². The number of imidazole rings is 1. The van der Waals surface area contributed by atoms with Crippen LogP contribution in [-0.4, -0.2) is 26.5 Å². The smallest absolute Gasteiger partial charge is 0.128 e. The lowest BCUT2D eigenvalue weighted by atomic mass is 10.1. The molecule has 0 radical (unpaired) electrons. The van der Waals surface area contributed by atoms with Crippen LogP contribution in [0.1, 0.15) is 12.2 Å². The monoisotopic (exact) mass is 280 g/mol. The van der Waals surface area contributed by atoms with Crippen molar-refractivity contribution >= 4 is 0 Å². The number of aromatic nitrogens is 4. The fraction of sp³-hybridized carbons (Fsp3) is 0.188. The van der Waals surface area contributed by atoms with Crippen LogP contribution in [-0.2, 0) is 6.42 Å². The van der Waals surface area contributed by atoms with E-state index in [-0.39, 0.29) is 0 Å². The van der Waals surface area contributed by atoms with Gasteiger partial charge in [0.05, 0.1) is 24.8 Å². The Hall–Kier alpha value is -2.69. The summed E-state index contributed by atoms with van der Waals surface area (Å²) in [5.41, 5.74) is 1.97. The Morgan fingerprint density at radius 1 is 1.05 bits per heavy atom. The molecule has 0 aliphatic carbocycles. The summed E-state index contributed by atoms with van der Waals surface area (Å²) in [5, 5.41) is 0. The molecule has 0 atom stereocenters. The maximum atomic E-state index is 5.88. The van der Waals surface area contributed by atoms with Crippen LogP contribution in [0.3, 0.4) is 0 Å². The topological polar surface area (TPSA) is 63.7 Å². The van der Waals surface area contributed by atoms with Crippen molar-refractivity contribution in [3.63, 3.8) is 0 Å². The number of aryl methyl sites for hydroxylation is 1. The van der Waals surface area contributed by atoms with Crippen LogP contribution in [0, 0.1) is 0 Å². The number of nitrogens with one attached hydrogen (secondary N) is 1. The summed E-state index contributed by atoms with van der Waals surface area (Å²) in [7, 11) is 0. The molecule has 0 saturated carbocycles. The number of hydrogen-bond donors (Lipinski definition) is 1. The molecule has 0 unspecified atom stereocenters. The highest BCUT2D eigenvalue weighted by Gasteiger charge is 2.06. The first-order chi connectivity index (χ1) is 10.4. The van der Waals surface area contributed by atoms with Gasteiger partial charge in [-0.25, -0.2) is 15.0 Å². The molecule has 21 heavy (non-hydrogen) atoms. The van der Waals surface area contributed by atoms with Gasteiger partial charge in [-0.1, -0.05) is 12.1 Å². The first-order valence-corrected chi connectivity index (χ1v) is 6.90. The van der Waals surface area contributed by atoms with Crippen molar-refractivity contribution in [3.8, 4) is 17.0 Å². The van der Waals surface area contributed by atoms with Crippen LogP contribution in [0.25, 0.3) is 11.3 Å². The molecule has 2 heterocycles. The van der Waals surface area contributed by atoms with Crippen molar-refractivity contribution < 1.29 is 4.74 Å². The minimum Gasteiger partial charge on any atom is -0.493 e. The van der Waals surface area contributed by atoms with E-state index in [0.29, 0.717) is 6.61 Å². The number of aromatic amines is 1. The Bertz CT molecular complexity index is 668. The van der Waals surface area contributed by atoms with Crippen molar-refractivity contribution in [3.05, 3.63) is 61.1 Å². The molecule has 0 saturated heterocycles. The Labute approximate surface area is 123 Å². The average Bonchev–Trinajstić information content (AvgIpc) is 3.07. The second-order valence-electron chi connectivity index (χ2n) is 4.58. The third-order valence-electron chi connectivity index (χ3n) is 3.10. The number of para-hydroxylation sites is 1. The zero-order valence-electron chi connectivity index (χ0n) is 11.6. The van der Waals surface area contributed by atoms with Crippen molar-refractivity contribution in [2.45, 2.75) is 12.8 Å². The Morgan fingerprint density at radius 3 is 2.71 bits per heavy atom. The zero-order chi connectivity index (χ0) is 14.3. The molecule has 0 aliphatic rings. The van der Waals surface area contributed by atoms with Gasteiger partial charge in [0.15, 0.2) is 0 Å². The van der Waals surface area contributed by atoms with E-state index in [2.05, 4.69) is 19.9 Å². The lowest BCUT2D eigenvalue weighted by molar-refractivity contribution is 0.311. The molecule has 0 amide bonds. The number of rotatable bonds is 6. The van der Waals surface area contributed by atoms with Crippen molar-refractivity contribution in [2.24, 2.45) is 0 Å². The molecule has 0 fully saturated rings. The third kappa shape index (κ3) is 3.45. The van der Waals surface area contributed by atoms with E-state index in [1.165, 1.54) is 0 Å². The second-order valence-corrected chi connectivity index (χ2v) is 4.58. The van der Waals surface area contributed by atoms with Crippen molar-refractivity contribution in [2.75, 3.05) is 6.61 Å². The Balaban J connectivity index is 1.59. The molecule has 106 valence electrons. The highest BCUT2D eigenvalue weighted by molar-refractivity contribution is 5.66. The van der Waals surface area contributed by atoms with Gasteiger partial charge in [-0.2, -0.15) is 0 Å². The van der Waals surface area contributed by atoms with Crippen LogP contribution in [0.2, 0.25) is 0 Å². The molecule has 1 N–H and O–H groups in total. The van der Waals surface area contributed by atoms with E-state index in [0.717, 1.165) is 35.7 Å². The first kappa shape index (κ1) is 13.3. The summed E-state index contributed by atoms with van der Waals surface area (Å²) in [6.07, 6.45) is 8.67. The average molecular weight is 280 g/mol. The Morgan fingerprint density at radius 2 is 1.90 bits per heavy atom. The standard InChI is InChI=1S/C16H16N4O/c1-2-6-15(13(5-1)14-11-17-12-20-14)21-10-3-7-16-18-8-4-9-19-16/h1-2,4-6,8-9,11-12H,3,7,10H2,(H,17,20). The molecular weight excluding hydrogens is 264 g/mol. The van der Waals surface area contributed by atoms with Crippen molar-refractivity contribution in [1.82, 2.24) is 19.9 Å². The number of nitrogens with zero attached hydrogens (tertiary/aromatic N) is 3. The number of ether oxygens (including phenoxy) is 1. The van der Waals surface area contributed by atoms with Crippen LogP contribution >= 0.6 is 0 Å². The first-order valence-electron chi connectivity index (χ1n) is 6.90. The van der Waals surface area contributed by atoms with E-state index >= 15 is 0 Å². The predicted molar refractivity (Wildman–Crippen MR) is 79.9 cm³/mol. The van der Waals surface area contributed by atoms with E-state index in [4.69, 9.17) is 4.74 Å². The summed E-state index contributed by atoms with van der Waals surface area (Å²) in [5.74, 6) is 1.71. The molecule has 2 aromatic heterocycles. The van der Waals surface area contributed by atoms with Gasteiger partial charge in [-0.3, -0.25) is 0 Å². The molecule has 0 aliphatic heterocycles. The number of H-pyrrole nitrogens is 1. The molecule has 0 bridgehead atoms. The van der Waals surface area contributed by atoms with Gasteiger partial charge < -0.3 is 9.72 Å². The second kappa shape index (κ2) is 6.65. The van der Waals surface area contributed by atoms with Crippen LogP contribution in [0.5, 0.6) is 5.75 Å². The van der Waals surface area contributed by atoms with Gasteiger partial charge in [0.2, 0.25) is 0 Å². The molecule has 5 nitrogen and oxygen atoms in total. The molecular formula is C16H16N4O. The highest BCUT2D eigenvalue weighted by Crippen LogP contribution is 2.27. The van der Waals surface area contributed by atoms with Crippen LogP contribution < -0.4 is 4.74 Å². The molecule has 0 spiro atoms. The van der Waals surface area contributed by atoms with Gasteiger partial charge in [0.1, 0.15) is 11.6 Å². The molecule has 3 aromatic rings. The van der Waals surface area contributed by atoms with Gasteiger partial charge in [0, 0.05) is 24.4 Å². The molecule has 3 rings (SSSR count). The lowest BCUT2D eigenvalue weighted by Gasteiger charge is -2.10. The third-order valence-corrected chi connectivity index (χ3v) is 3.10. The van der Waals surface area contributed by atoms with E-state index in [9.17, 15) is 0 Å². The van der Waals surface area contributed by atoms with E-state index in [1.807, 2.05) is 30.3 Å². The number of benzene rings is 1. The lowest BCUT2D eigenvalue weighted by Crippen LogP contribution is -2.02. The molecule has 5 heteroatoms. The summed E-state index contributed by atoms with van der Waals surface area (Å²) >= 11 is 0. The van der Waals surface area contributed by atoms with Gasteiger partial charge in [-0.05, 0) is 24.6 Å². The largest absolute Gasteiger partial charge is 0.493 e. The summed E-state index contributed by atoms with van der Waals surface area (Å²) in [6, 6.07) is 9.76. The van der Waals surface area contributed by atoms with E-state index < -0.39 is 0 Å². The molecule has 1 aromatic carbocycles. The minimum atomic E-state index is 0.628. The quantitative estimate of drug-likeness (QED) is 0.705. The van der Waals surface area contributed by atoms with Crippen molar-refractivity contribution in [1.29, 1.82) is 0 Å². The summed E-state index contributed by atoms with van der Waals surface area (Å²) in [6.45, 7) is 0.628. The predicted octanol–water partition coefficient (Wildman–Crippen LogP) is 2.88. The SMILES string of the molecule is c1cnc(CCCOc2ccccc2-c2cnc[nH]2)nc1. The maximum absolute atomic E-state index is 5.88. The summed E-state index contributed by atoms with van der Waals surface area (Å²) < 4.78 is 5.88. The fourth-order valence-electron chi connectivity index (χ4n) is 2.09.